The highest BCUT2D eigenvalue weighted by Crippen LogP contribution is 2.19. The number of rotatable bonds is 7. The molecule has 2 aromatic rings. The Balaban J connectivity index is 2.10. The molecule has 1 aromatic carbocycles. The van der Waals surface area contributed by atoms with E-state index in [1.807, 2.05) is 38.1 Å². The molecule has 0 amide bonds. The summed E-state index contributed by atoms with van der Waals surface area (Å²) in [5, 5.41) is 20.6. The zero-order valence-corrected chi connectivity index (χ0v) is 12.9. The van der Waals surface area contributed by atoms with Crippen LogP contribution < -0.4 is 4.74 Å². The van der Waals surface area contributed by atoms with Crippen LogP contribution in [-0.2, 0) is 17.8 Å². The highest BCUT2D eigenvalue weighted by molar-refractivity contribution is 5.72. The van der Waals surface area contributed by atoms with Gasteiger partial charge < -0.3 is 9.84 Å². The summed E-state index contributed by atoms with van der Waals surface area (Å²) in [5.41, 5.74) is 1.22. The summed E-state index contributed by atoms with van der Waals surface area (Å²) in [4.78, 5) is 11.4. The van der Waals surface area contributed by atoms with Crippen molar-refractivity contribution < 1.29 is 14.6 Å². The number of hydrogen-bond acceptors (Lipinski definition) is 5. The molecule has 7 nitrogen and oxygen atoms in total. The monoisotopic (exact) mass is 304 g/mol. The fraction of sp³-hybridized carbons (Fsp3) is 0.467. The average molecular weight is 304 g/mol. The molecule has 1 aromatic heterocycles. The van der Waals surface area contributed by atoms with Gasteiger partial charge in [-0.15, -0.1) is 5.10 Å². The summed E-state index contributed by atoms with van der Waals surface area (Å²) in [6.07, 6.45) is 0.965. The normalized spacial score (nSPS) is 12.4. The minimum atomic E-state index is -0.962. The first-order valence-corrected chi connectivity index (χ1v) is 7.24. The summed E-state index contributed by atoms with van der Waals surface area (Å²) in [5.74, 6) is -0.0109. The van der Waals surface area contributed by atoms with E-state index in [0.29, 0.717) is 11.6 Å². The lowest BCUT2D eigenvalue weighted by Crippen LogP contribution is -2.27. The van der Waals surface area contributed by atoms with E-state index in [2.05, 4.69) is 22.4 Å². The summed E-state index contributed by atoms with van der Waals surface area (Å²) in [6, 6.07) is 6.93. The molecule has 1 unspecified atom stereocenters. The number of aryl methyl sites for hydroxylation is 1. The van der Waals surface area contributed by atoms with Gasteiger partial charge in [0.2, 0.25) is 0 Å². The molecule has 0 fully saturated rings. The van der Waals surface area contributed by atoms with Gasteiger partial charge in [-0.05, 0) is 40.5 Å². The number of benzene rings is 1. The van der Waals surface area contributed by atoms with Gasteiger partial charge in [0, 0.05) is 0 Å². The summed E-state index contributed by atoms with van der Waals surface area (Å²) in [7, 11) is 0. The van der Waals surface area contributed by atoms with Crippen LogP contribution in [0.5, 0.6) is 5.75 Å². The number of tetrazole rings is 1. The molecule has 1 N–H and O–H groups in total. The van der Waals surface area contributed by atoms with Gasteiger partial charge in [-0.1, -0.05) is 32.9 Å². The van der Waals surface area contributed by atoms with Gasteiger partial charge in [-0.2, -0.15) is 0 Å². The second kappa shape index (κ2) is 7.02. The Kier molecular flexibility index (Phi) is 5.08. The molecule has 0 aliphatic heterocycles. The Hall–Kier alpha value is -2.44. The standard InChI is InChI=1S/C15H20N4O3/c1-4-11-5-7-12(8-6-11)22-9-13-16-17-18-19(13)14(10(2)3)15(20)21/h5-8,10,14H,4,9H2,1-3H3,(H,20,21). The predicted molar refractivity (Wildman–Crippen MR) is 79.5 cm³/mol. The van der Waals surface area contributed by atoms with Crippen LogP contribution in [0.3, 0.4) is 0 Å². The maximum atomic E-state index is 11.4. The molecule has 0 radical (unpaired) electrons. The van der Waals surface area contributed by atoms with E-state index in [4.69, 9.17) is 4.74 Å². The number of carboxylic acids is 1. The Morgan fingerprint density at radius 3 is 2.55 bits per heavy atom. The smallest absolute Gasteiger partial charge is 0.328 e. The van der Waals surface area contributed by atoms with Crippen molar-refractivity contribution in [1.29, 1.82) is 0 Å². The molecule has 2 rings (SSSR count). The molecule has 22 heavy (non-hydrogen) atoms. The van der Waals surface area contributed by atoms with E-state index in [1.165, 1.54) is 10.2 Å². The van der Waals surface area contributed by atoms with Gasteiger partial charge in [0.15, 0.2) is 11.9 Å². The highest BCUT2D eigenvalue weighted by Gasteiger charge is 2.27. The lowest BCUT2D eigenvalue weighted by atomic mass is 10.1. The fourth-order valence-electron chi connectivity index (χ4n) is 2.16. The first-order chi connectivity index (χ1) is 10.5. The molecule has 0 bridgehead atoms. The van der Waals surface area contributed by atoms with Crippen LogP contribution in [0.25, 0.3) is 0 Å². The Bertz CT molecular complexity index is 622. The molecular formula is C15H20N4O3. The maximum absolute atomic E-state index is 11.4. The lowest BCUT2D eigenvalue weighted by Gasteiger charge is -2.17. The SMILES string of the molecule is CCc1ccc(OCc2nnnn2C(C(=O)O)C(C)C)cc1. The topological polar surface area (TPSA) is 90.1 Å². The third-order valence-electron chi connectivity index (χ3n) is 3.41. The van der Waals surface area contributed by atoms with Gasteiger partial charge >= 0.3 is 5.97 Å². The van der Waals surface area contributed by atoms with E-state index in [1.54, 1.807) is 0 Å². The van der Waals surface area contributed by atoms with E-state index in [-0.39, 0.29) is 12.5 Å². The molecule has 0 saturated heterocycles. The van der Waals surface area contributed by atoms with E-state index in [9.17, 15) is 9.90 Å². The number of aromatic nitrogens is 4. The number of nitrogens with zero attached hydrogens (tertiary/aromatic N) is 4. The van der Waals surface area contributed by atoms with E-state index < -0.39 is 12.0 Å². The predicted octanol–water partition coefficient (Wildman–Crippen LogP) is 2.10. The van der Waals surface area contributed by atoms with Crippen LogP contribution in [0.1, 0.15) is 38.2 Å². The van der Waals surface area contributed by atoms with Gasteiger partial charge in [0.05, 0.1) is 0 Å². The summed E-state index contributed by atoms with van der Waals surface area (Å²) >= 11 is 0. The van der Waals surface area contributed by atoms with Crippen LogP contribution in [0.15, 0.2) is 24.3 Å². The Morgan fingerprint density at radius 2 is 2.00 bits per heavy atom. The van der Waals surface area contributed by atoms with Crippen molar-refractivity contribution >= 4 is 5.97 Å². The average Bonchev–Trinajstić information content (AvgIpc) is 2.93. The fourth-order valence-corrected chi connectivity index (χ4v) is 2.16. The number of carboxylic acid groups (broad SMARTS) is 1. The second-order valence-electron chi connectivity index (χ2n) is 5.35. The molecular weight excluding hydrogens is 284 g/mol. The van der Waals surface area contributed by atoms with Gasteiger partial charge in [-0.25, -0.2) is 9.48 Å². The number of aliphatic carboxylic acids is 1. The number of hydrogen-bond donors (Lipinski definition) is 1. The zero-order chi connectivity index (χ0) is 16.1. The Labute approximate surface area is 128 Å². The van der Waals surface area contributed by atoms with Crippen molar-refractivity contribution in [3.8, 4) is 5.75 Å². The van der Waals surface area contributed by atoms with E-state index in [0.717, 1.165) is 6.42 Å². The number of carbonyl (C=O) groups is 1. The van der Waals surface area contributed by atoms with Crippen LogP contribution >= 0.6 is 0 Å². The molecule has 1 heterocycles. The lowest BCUT2D eigenvalue weighted by molar-refractivity contribution is -0.142. The second-order valence-corrected chi connectivity index (χ2v) is 5.35. The molecule has 7 heteroatoms. The van der Waals surface area contributed by atoms with Crippen molar-refractivity contribution in [2.24, 2.45) is 5.92 Å². The third kappa shape index (κ3) is 3.60. The first-order valence-electron chi connectivity index (χ1n) is 7.24. The van der Waals surface area contributed by atoms with Crippen molar-refractivity contribution in [3.05, 3.63) is 35.7 Å². The van der Waals surface area contributed by atoms with Crippen LogP contribution in [0, 0.1) is 5.92 Å². The van der Waals surface area contributed by atoms with Gasteiger partial charge in [0.1, 0.15) is 12.4 Å². The van der Waals surface area contributed by atoms with Crippen LogP contribution in [-0.4, -0.2) is 31.3 Å². The summed E-state index contributed by atoms with van der Waals surface area (Å²) < 4.78 is 6.96. The van der Waals surface area contributed by atoms with Crippen LogP contribution in [0.2, 0.25) is 0 Å². The third-order valence-corrected chi connectivity index (χ3v) is 3.41. The molecule has 1 atom stereocenters. The zero-order valence-electron chi connectivity index (χ0n) is 12.9. The molecule has 0 aliphatic carbocycles. The molecule has 0 saturated carbocycles. The first kappa shape index (κ1) is 15.9. The molecule has 0 spiro atoms. The van der Waals surface area contributed by atoms with E-state index >= 15 is 0 Å². The van der Waals surface area contributed by atoms with Crippen LogP contribution in [0.4, 0.5) is 0 Å². The summed E-state index contributed by atoms with van der Waals surface area (Å²) in [6.45, 7) is 5.83. The van der Waals surface area contributed by atoms with Crippen molar-refractivity contribution in [3.63, 3.8) is 0 Å². The quantitative estimate of drug-likeness (QED) is 0.842. The van der Waals surface area contributed by atoms with Crippen molar-refractivity contribution in [1.82, 2.24) is 20.2 Å². The largest absolute Gasteiger partial charge is 0.486 e. The minimum absolute atomic E-state index is 0.120. The molecule has 118 valence electrons. The van der Waals surface area contributed by atoms with Crippen molar-refractivity contribution in [2.45, 2.75) is 39.8 Å². The van der Waals surface area contributed by atoms with Crippen molar-refractivity contribution in [2.75, 3.05) is 0 Å². The minimum Gasteiger partial charge on any atom is -0.486 e. The van der Waals surface area contributed by atoms with Gasteiger partial charge in [0.25, 0.3) is 0 Å². The highest BCUT2D eigenvalue weighted by atomic mass is 16.5. The number of ether oxygens (including phenoxy) is 1. The van der Waals surface area contributed by atoms with Gasteiger partial charge in [-0.3, -0.25) is 0 Å². The maximum Gasteiger partial charge on any atom is 0.328 e. The molecule has 0 aliphatic rings. The Morgan fingerprint density at radius 1 is 1.32 bits per heavy atom.